The van der Waals surface area contributed by atoms with Crippen LogP contribution in [0, 0.1) is 11.3 Å². The molecule has 0 fully saturated rings. The monoisotopic (exact) mass is 892 g/mol. The molecule has 0 amide bonds. The molecule has 7 atom stereocenters. The summed E-state index contributed by atoms with van der Waals surface area (Å²) in [6.07, 6.45) is 7.62. The maximum atomic E-state index is 14.4. The average Bonchev–Trinajstić information content (AvgIpc) is 3.67. The van der Waals surface area contributed by atoms with Gasteiger partial charge in [-0.3, -0.25) is 4.79 Å². The second-order valence-corrected chi connectivity index (χ2v) is 29.2. The second-order valence-electron chi connectivity index (χ2n) is 20.1. The molecule has 2 aromatic carbocycles. The molecule has 1 unspecified atom stereocenters. The van der Waals surface area contributed by atoms with Gasteiger partial charge in [-0.2, -0.15) is 0 Å². The third-order valence-electron chi connectivity index (χ3n) is 13.3. The highest BCUT2D eigenvalue weighted by atomic mass is 28.4. The second kappa shape index (κ2) is 22.1. The highest BCUT2D eigenvalue weighted by Gasteiger charge is 2.51. The fourth-order valence-electron chi connectivity index (χ4n) is 8.09. The number of allylic oxidation sites excluding steroid dienone is 2. The van der Waals surface area contributed by atoms with Crippen molar-refractivity contribution in [1.82, 2.24) is 4.98 Å². The summed E-state index contributed by atoms with van der Waals surface area (Å²) < 4.78 is 44.8. The Morgan fingerprint density at radius 2 is 1.50 bits per heavy atom. The first-order valence-electron chi connectivity index (χ1n) is 22.3. The van der Waals surface area contributed by atoms with Crippen LogP contribution in [-0.2, 0) is 39.0 Å². The highest BCUT2D eigenvalue weighted by Crippen LogP contribution is 2.40. The van der Waals surface area contributed by atoms with Gasteiger partial charge < -0.3 is 37.3 Å². The molecule has 2 bridgehead atoms. The minimum absolute atomic E-state index is 0.0154. The lowest BCUT2D eigenvalue weighted by Crippen LogP contribution is -2.67. The Balaban J connectivity index is 1.73. The summed E-state index contributed by atoms with van der Waals surface area (Å²) in [5, 5.41) is 14.2. The lowest BCUT2D eigenvalue weighted by Gasteiger charge is -2.44. The molecule has 3 aromatic rings. The highest BCUT2D eigenvalue weighted by molar-refractivity contribution is 6.99. The molecule has 0 radical (unpaired) electrons. The largest absolute Gasteiger partial charge is 0.462 e. The van der Waals surface area contributed by atoms with Crippen molar-refractivity contribution in [1.29, 1.82) is 0 Å². The van der Waals surface area contributed by atoms with Crippen molar-refractivity contribution in [2.45, 2.75) is 154 Å². The number of hydrogen-bond donors (Lipinski definition) is 1. The van der Waals surface area contributed by atoms with E-state index in [9.17, 15) is 9.90 Å². The molecule has 0 saturated heterocycles. The number of benzene rings is 2. The van der Waals surface area contributed by atoms with Gasteiger partial charge in [0.15, 0.2) is 14.2 Å². The third kappa shape index (κ3) is 13.0. The number of carbonyl (C=O) groups excluding carboxylic acids is 1. The quantitative estimate of drug-likeness (QED) is 0.131. The Morgan fingerprint density at radius 1 is 0.887 bits per heavy atom. The SMILES string of the molecule is CO[C@H]1C/C=C\C=C\[C@H](OC)C[C@H](O[Si](C)(C)C(C)(C)C)CC(=O)OC(C[C@H](OC)[C@@H](C)CO[Si](c2ccccc2)(c2ccccc2)C(C)(C)C)C(C)(C)[C@H](O)Cc2nc1co2. The van der Waals surface area contributed by atoms with E-state index in [1.165, 1.54) is 10.4 Å². The normalized spacial score (nSPS) is 24.5. The van der Waals surface area contributed by atoms with Crippen molar-refractivity contribution in [3.05, 3.63) is 103 Å². The molecule has 0 aliphatic carbocycles. The van der Waals surface area contributed by atoms with Gasteiger partial charge in [-0.15, -0.1) is 0 Å². The van der Waals surface area contributed by atoms with Crippen LogP contribution >= 0.6 is 0 Å². The zero-order valence-electron chi connectivity index (χ0n) is 40.1. The topological polar surface area (TPSA) is 119 Å². The molecule has 1 N–H and O–H groups in total. The van der Waals surface area contributed by atoms with E-state index in [1.54, 1.807) is 27.6 Å². The van der Waals surface area contributed by atoms with E-state index in [4.69, 9.17) is 37.2 Å². The van der Waals surface area contributed by atoms with E-state index in [2.05, 4.69) is 110 Å². The Labute approximate surface area is 375 Å². The fraction of sp³-hybridized carbons (Fsp3) is 0.600. The van der Waals surface area contributed by atoms with Crippen molar-refractivity contribution in [2.24, 2.45) is 11.3 Å². The van der Waals surface area contributed by atoms with E-state index in [1.807, 2.05) is 50.3 Å². The van der Waals surface area contributed by atoms with Crippen LogP contribution in [0.3, 0.4) is 0 Å². The van der Waals surface area contributed by atoms with Crippen molar-refractivity contribution < 1.29 is 42.1 Å². The van der Waals surface area contributed by atoms with E-state index in [0.29, 0.717) is 37.5 Å². The maximum absolute atomic E-state index is 14.4. The Morgan fingerprint density at radius 3 is 2.03 bits per heavy atom. The lowest BCUT2D eigenvalue weighted by molar-refractivity contribution is -0.167. The predicted molar refractivity (Wildman–Crippen MR) is 253 cm³/mol. The number of methoxy groups -OCH3 is 3. The van der Waals surface area contributed by atoms with Gasteiger partial charge in [0.25, 0.3) is 8.32 Å². The first-order chi connectivity index (χ1) is 29.1. The Bertz CT molecular complexity index is 1830. The first-order valence-corrected chi connectivity index (χ1v) is 27.1. The van der Waals surface area contributed by atoms with Crippen LogP contribution < -0.4 is 10.4 Å². The number of ether oxygens (including phenoxy) is 4. The van der Waals surface area contributed by atoms with Crippen LogP contribution in [0.1, 0.15) is 106 Å². The van der Waals surface area contributed by atoms with Crippen LogP contribution in [0.25, 0.3) is 0 Å². The third-order valence-corrected chi connectivity index (χ3v) is 22.8. The van der Waals surface area contributed by atoms with Gasteiger partial charge in [0.1, 0.15) is 24.2 Å². The van der Waals surface area contributed by atoms with Crippen molar-refractivity contribution in [2.75, 3.05) is 27.9 Å². The van der Waals surface area contributed by atoms with Crippen LogP contribution in [0.15, 0.2) is 95.6 Å². The summed E-state index contributed by atoms with van der Waals surface area (Å²) in [6.45, 7) is 24.1. The number of carbonyl (C=O) groups is 1. The van der Waals surface area contributed by atoms with Crippen molar-refractivity contribution >= 4 is 33.0 Å². The molecule has 4 rings (SSSR count). The number of esters is 1. The van der Waals surface area contributed by atoms with Crippen LogP contribution in [0.2, 0.25) is 23.2 Å². The number of aromatic nitrogens is 1. The van der Waals surface area contributed by atoms with Gasteiger partial charge in [0, 0.05) is 52.1 Å². The summed E-state index contributed by atoms with van der Waals surface area (Å²) in [7, 11) is -0.184. The number of rotatable bonds is 13. The molecule has 1 aromatic heterocycles. The summed E-state index contributed by atoms with van der Waals surface area (Å²) >= 11 is 0. The average molecular weight is 892 g/mol. The molecule has 0 saturated carbocycles. The van der Waals surface area contributed by atoms with Gasteiger partial charge in [-0.1, -0.05) is 147 Å². The smallest absolute Gasteiger partial charge is 0.308 e. The minimum atomic E-state index is -2.85. The number of nitrogens with zero attached hydrogens (tertiary/aromatic N) is 1. The fourth-order valence-corrected chi connectivity index (χ4v) is 14.1. The number of aliphatic hydroxyl groups is 1. The van der Waals surface area contributed by atoms with Crippen molar-refractivity contribution in [3.63, 3.8) is 0 Å². The molecule has 344 valence electrons. The standard InChI is InChI=1S/C50H77NO9Si2/c1-36(34-58-62(49(5,6)7,39-25-19-16-20-26-39)40-27-21-17-22-28-40)43(56-12)32-45-50(8,9)44(52)33-46-51-41(35-57-46)42(55-11)29-23-15-18-24-37(54-10)30-38(31-47(53)59-45)60-61(13,14)48(2,3)4/h15-28,35-38,42-45,52H,29-34H2,1-14H3/b23-15-,24-18+/t36-,37-,38-,42-,43-,44+,45?/m0/s1. The van der Waals surface area contributed by atoms with Gasteiger partial charge in [0.2, 0.25) is 0 Å². The molecule has 2 heterocycles. The first kappa shape index (κ1) is 51.4. The predicted octanol–water partition coefficient (Wildman–Crippen LogP) is 9.52. The lowest BCUT2D eigenvalue weighted by atomic mass is 9.76. The minimum Gasteiger partial charge on any atom is -0.462 e. The number of cyclic esters (lactones) is 1. The zero-order chi connectivity index (χ0) is 45.9. The molecule has 1 aliphatic heterocycles. The molecule has 0 spiro atoms. The van der Waals surface area contributed by atoms with Crippen molar-refractivity contribution in [3.8, 4) is 0 Å². The number of fused-ring (bicyclic) bond motifs is 2. The summed E-state index contributed by atoms with van der Waals surface area (Å²) in [4.78, 5) is 19.1. The van der Waals surface area contributed by atoms with Gasteiger partial charge in [-0.05, 0) is 40.0 Å². The summed E-state index contributed by atoms with van der Waals surface area (Å²) in [5.41, 5.74) is -0.337. The Hall–Kier alpha value is -3.21. The molecular formula is C50H77NO9Si2. The molecular weight excluding hydrogens is 815 g/mol. The molecule has 12 heteroatoms. The summed E-state index contributed by atoms with van der Waals surface area (Å²) in [6, 6.07) is 21.2. The van der Waals surface area contributed by atoms with Gasteiger partial charge in [-0.25, -0.2) is 4.98 Å². The number of aliphatic hydroxyl groups excluding tert-OH is 1. The van der Waals surface area contributed by atoms with E-state index >= 15 is 0 Å². The molecule has 10 nitrogen and oxygen atoms in total. The van der Waals surface area contributed by atoms with Crippen LogP contribution in [0.5, 0.6) is 0 Å². The van der Waals surface area contributed by atoms with E-state index in [0.717, 1.165) is 0 Å². The van der Waals surface area contributed by atoms with E-state index < -0.39 is 52.4 Å². The Kier molecular flexibility index (Phi) is 18.4. The number of hydrogen-bond acceptors (Lipinski definition) is 10. The van der Waals surface area contributed by atoms with Gasteiger partial charge in [0.05, 0.1) is 37.3 Å². The molecule has 1 aliphatic rings. The van der Waals surface area contributed by atoms with Crippen LogP contribution in [0.4, 0.5) is 0 Å². The summed E-state index contributed by atoms with van der Waals surface area (Å²) in [5.74, 6) is -0.165. The number of oxazole rings is 1. The van der Waals surface area contributed by atoms with Crippen LogP contribution in [-0.4, -0.2) is 91.2 Å². The zero-order valence-corrected chi connectivity index (χ0v) is 42.1. The van der Waals surface area contributed by atoms with Gasteiger partial charge >= 0.3 is 5.97 Å². The maximum Gasteiger partial charge on any atom is 0.308 e. The molecule has 62 heavy (non-hydrogen) atoms. The van der Waals surface area contributed by atoms with E-state index in [-0.39, 0.29) is 41.0 Å².